The molecule has 3 N–H and O–H groups in total. The lowest BCUT2D eigenvalue weighted by Gasteiger charge is -2.27. The molecule has 0 radical (unpaired) electrons. The first-order valence-corrected chi connectivity index (χ1v) is 7.78. The van der Waals surface area contributed by atoms with Gasteiger partial charge in [-0.3, -0.25) is 4.90 Å². The minimum atomic E-state index is -0.425. The molecule has 1 saturated heterocycles. The molecule has 1 fully saturated rings. The van der Waals surface area contributed by atoms with Crippen LogP contribution in [0.3, 0.4) is 0 Å². The maximum absolute atomic E-state index is 11.4. The molecule has 0 aromatic heterocycles. The van der Waals surface area contributed by atoms with Crippen molar-refractivity contribution in [1.82, 2.24) is 15.1 Å². The number of amides is 1. The quantitative estimate of drug-likeness (QED) is 0.657. The fraction of sp³-hybridized carbons (Fsp3) is 0.600. The lowest BCUT2D eigenvalue weighted by molar-refractivity contribution is 0.0350. The molecule has 7 heteroatoms. The number of nitrogens with one attached hydrogen (secondary N) is 1. The molecule has 0 aliphatic carbocycles. The highest BCUT2D eigenvalue weighted by molar-refractivity contribution is 7.80. The van der Waals surface area contributed by atoms with Gasteiger partial charge >= 0.3 is 6.09 Å². The third-order valence-corrected chi connectivity index (χ3v) is 3.13. The highest BCUT2D eigenvalue weighted by Crippen LogP contribution is 2.11. The van der Waals surface area contributed by atoms with E-state index < -0.39 is 5.60 Å². The van der Waals surface area contributed by atoms with Crippen molar-refractivity contribution in [1.29, 1.82) is 0 Å². The summed E-state index contributed by atoms with van der Waals surface area (Å²) in [6.07, 6.45) is 7.04. The molecule has 6 nitrogen and oxygen atoms in total. The molecule has 0 spiro atoms. The molecule has 0 atom stereocenters. The third-order valence-electron chi connectivity index (χ3n) is 2.87. The van der Waals surface area contributed by atoms with Gasteiger partial charge in [-0.2, -0.15) is 0 Å². The van der Waals surface area contributed by atoms with Crippen LogP contribution in [0.25, 0.3) is 0 Å². The second-order valence-electron chi connectivity index (χ2n) is 5.98. The molecule has 0 unspecified atom stereocenters. The SMILES string of the molecule is CC(C)(C)OC(=O)N1C=CC=CC1.NC(=S)N1CCNCC1. The van der Waals surface area contributed by atoms with Crippen LogP contribution in [0.2, 0.25) is 0 Å². The van der Waals surface area contributed by atoms with Gasteiger partial charge < -0.3 is 20.7 Å². The van der Waals surface area contributed by atoms with E-state index in [1.54, 1.807) is 6.20 Å². The molecule has 22 heavy (non-hydrogen) atoms. The van der Waals surface area contributed by atoms with E-state index in [2.05, 4.69) is 5.32 Å². The van der Waals surface area contributed by atoms with E-state index >= 15 is 0 Å². The zero-order chi connectivity index (χ0) is 16.6. The van der Waals surface area contributed by atoms with Crippen LogP contribution in [0.4, 0.5) is 4.79 Å². The molecule has 2 aliphatic heterocycles. The average Bonchev–Trinajstić information content (AvgIpc) is 2.48. The van der Waals surface area contributed by atoms with Crippen molar-refractivity contribution < 1.29 is 9.53 Å². The Labute approximate surface area is 138 Å². The summed E-state index contributed by atoms with van der Waals surface area (Å²) in [5.41, 5.74) is 4.97. The van der Waals surface area contributed by atoms with Crippen LogP contribution in [-0.4, -0.2) is 59.3 Å². The highest BCUT2D eigenvalue weighted by atomic mass is 32.1. The topological polar surface area (TPSA) is 70.8 Å². The molecule has 2 aliphatic rings. The molecule has 1 amide bonds. The van der Waals surface area contributed by atoms with Gasteiger partial charge in [0.25, 0.3) is 0 Å². The van der Waals surface area contributed by atoms with E-state index in [0.717, 1.165) is 26.2 Å². The maximum atomic E-state index is 11.4. The standard InChI is InChI=1S/C10H15NO2.C5H11N3S/c1-10(2,3)13-9(12)11-7-5-4-6-8-11;6-5(9)8-3-1-7-2-4-8/h4-7H,8H2,1-3H3;7H,1-4H2,(H2,6,9). The predicted octanol–water partition coefficient (Wildman–Crippen LogP) is 1.44. The van der Waals surface area contributed by atoms with E-state index in [9.17, 15) is 4.79 Å². The summed E-state index contributed by atoms with van der Waals surface area (Å²) in [6, 6.07) is 0. The number of ether oxygens (including phenoxy) is 1. The molecule has 0 bridgehead atoms. The van der Waals surface area contributed by atoms with E-state index in [-0.39, 0.29) is 6.09 Å². The van der Waals surface area contributed by atoms with Crippen molar-refractivity contribution in [2.45, 2.75) is 26.4 Å². The molecule has 2 rings (SSSR count). The Bertz CT molecular complexity index is 437. The van der Waals surface area contributed by atoms with E-state index in [1.807, 2.05) is 43.9 Å². The maximum Gasteiger partial charge on any atom is 0.414 e. The van der Waals surface area contributed by atoms with Crippen molar-refractivity contribution >= 4 is 23.4 Å². The van der Waals surface area contributed by atoms with Gasteiger partial charge in [0.1, 0.15) is 5.60 Å². The number of thiocarbonyl (C=S) groups is 1. The van der Waals surface area contributed by atoms with Crippen LogP contribution < -0.4 is 11.1 Å². The van der Waals surface area contributed by atoms with Crippen molar-refractivity contribution in [2.75, 3.05) is 32.7 Å². The summed E-state index contributed by atoms with van der Waals surface area (Å²) < 4.78 is 5.18. The van der Waals surface area contributed by atoms with Gasteiger partial charge in [0, 0.05) is 38.9 Å². The van der Waals surface area contributed by atoms with Crippen molar-refractivity contribution in [2.24, 2.45) is 5.73 Å². The number of nitrogens with two attached hydrogens (primary N) is 1. The number of rotatable bonds is 0. The van der Waals surface area contributed by atoms with Gasteiger partial charge in [-0.15, -0.1) is 0 Å². The van der Waals surface area contributed by atoms with Crippen LogP contribution in [0.15, 0.2) is 24.4 Å². The van der Waals surface area contributed by atoms with E-state index in [1.165, 1.54) is 4.90 Å². The highest BCUT2D eigenvalue weighted by Gasteiger charge is 2.20. The van der Waals surface area contributed by atoms with Crippen LogP contribution in [0.1, 0.15) is 20.8 Å². The lowest BCUT2D eigenvalue weighted by Crippen LogP contribution is -2.48. The first-order chi connectivity index (χ1) is 10.3. The number of carbonyl (C=O) groups excluding carboxylic acids is 1. The number of hydrogen-bond donors (Lipinski definition) is 2. The van der Waals surface area contributed by atoms with Gasteiger partial charge in [-0.25, -0.2) is 4.79 Å². The van der Waals surface area contributed by atoms with Gasteiger partial charge in [0.05, 0.1) is 0 Å². The number of allylic oxidation sites excluding steroid dienone is 2. The lowest BCUT2D eigenvalue weighted by atomic mass is 10.2. The average molecular weight is 326 g/mol. The Morgan fingerprint density at radius 3 is 2.32 bits per heavy atom. The number of hydrogen-bond acceptors (Lipinski definition) is 4. The molecular weight excluding hydrogens is 300 g/mol. The fourth-order valence-corrected chi connectivity index (χ4v) is 1.99. The molecule has 124 valence electrons. The minimum Gasteiger partial charge on any atom is -0.443 e. The molecule has 2 heterocycles. The van der Waals surface area contributed by atoms with Gasteiger partial charge in [0.15, 0.2) is 5.11 Å². The van der Waals surface area contributed by atoms with Crippen LogP contribution in [0, 0.1) is 0 Å². The van der Waals surface area contributed by atoms with Crippen molar-refractivity contribution in [3.05, 3.63) is 24.4 Å². The van der Waals surface area contributed by atoms with Crippen LogP contribution in [0.5, 0.6) is 0 Å². The number of carbonyl (C=O) groups is 1. The summed E-state index contributed by atoms with van der Waals surface area (Å²) in [5, 5.41) is 3.74. The van der Waals surface area contributed by atoms with Crippen molar-refractivity contribution in [3.63, 3.8) is 0 Å². The zero-order valence-electron chi connectivity index (χ0n) is 13.5. The van der Waals surface area contributed by atoms with Crippen molar-refractivity contribution in [3.8, 4) is 0 Å². The largest absolute Gasteiger partial charge is 0.443 e. The normalized spacial score (nSPS) is 17.6. The number of piperazine rings is 1. The number of nitrogens with zero attached hydrogens (tertiary/aromatic N) is 2. The Morgan fingerprint density at radius 1 is 1.27 bits per heavy atom. The third kappa shape index (κ3) is 7.42. The summed E-state index contributed by atoms with van der Waals surface area (Å²) in [7, 11) is 0. The zero-order valence-corrected chi connectivity index (χ0v) is 14.4. The van der Waals surface area contributed by atoms with Crippen LogP contribution >= 0.6 is 12.2 Å². The monoisotopic (exact) mass is 326 g/mol. The Balaban J connectivity index is 0.000000235. The summed E-state index contributed by atoms with van der Waals surface area (Å²) in [5.74, 6) is 0. The second kappa shape index (κ2) is 8.75. The van der Waals surface area contributed by atoms with Gasteiger partial charge in [0.2, 0.25) is 0 Å². The first-order valence-electron chi connectivity index (χ1n) is 7.37. The minimum absolute atomic E-state index is 0.298. The second-order valence-corrected chi connectivity index (χ2v) is 6.40. The molecule has 0 aromatic rings. The molecule has 0 saturated carbocycles. The summed E-state index contributed by atoms with van der Waals surface area (Å²) in [6.45, 7) is 10.1. The van der Waals surface area contributed by atoms with Crippen LogP contribution in [-0.2, 0) is 4.74 Å². The molecule has 0 aromatic carbocycles. The Kier molecular flexibility index (Phi) is 7.34. The predicted molar refractivity (Wildman–Crippen MR) is 92.4 cm³/mol. The van der Waals surface area contributed by atoms with Gasteiger partial charge in [-0.05, 0) is 39.1 Å². The van der Waals surface area contributed by atoms with Gasteiger partial charge in [-0.1, -0.05) is 12.2 Å². The summed E-state index contributed by atoms with van der Waals surface area (Å²) in [4.78, 5) is 15.0. The summed E-state index contributed by atoms with van der Waals surface area (Å²) >= 11 is 4.79. The smallest absolute Gasteiger partial charge is 0.414 e. The molecular formula is C15H26N4O2S. The van der Waals surface area contributed by atoms with E-state index in [4.69, 9.17) is 22.7 Å². The Morgan fingerprint density at radius 2 is 1.91 bits per heavy atom. The Hall–Kier alpha value is -1.60. The van der Waals surface area contributed by atoms with E-state index in [0.29, 0.717) is 11.7 Å². The first kappa shape index (κ1) is 18.4. The fourth-order valence-electron chi connectivity index (χ4n) is 1.81.